The first kappa shape index (κ1) is 16.5. The Hall–Kier alpha value is -2.90. The molecule has 0 bridgehead atoms. The highest BCUT2D eigenvalue weighted by Gasteiger charge is 2.12. The van der Waals surface area contributed by atoms with E-state index in [0.717, 1.165) is 11.3 Å². The van der Waals surface area contributed by atoms with Gasteiger partial charge in [0.1, 0.15) is 12.3 Å². The number of nitrogens with one attached hydrogen (secondary N) is 1. The molecule has 122 valence electrons. The van der Waals surface area contributed by atoms with Gasteiger partial charge in [0.05, 0.1) is 13.3 Å². The van der Waals surface area contributed by atoms with Crippen LogP contribution in [0.4, 0.5) is 0 Å². The smallest absolute Gasteiger partial charge is 0.358 e. The highest BCUT2D eigenvalue weighted by atomic mass is 16.5. The number of carbonyl (C=O) groups excluding carboxylic acids is 1. The number of rotatable bonds is 7. The molecule has 2 aromatic rings. The van der Waals surface area contributed by atoms with Crippen molar-refractivity contribution < 1.29 is 19.4 Å². The molecular weight excluding hydrogens is 300 g/mol. The van der Waals surface area contributed by atoms with Gasteiger partial charge in [0.2, 0.25) is 5.91 Å². The van der Waals surface area contributed by atoms with Gasteiger partial charge in [0.25, 0.3) is 0 Å². The van der Waals surface area contributed by atoms with Gasteiger partial charge in [-0.25, -0.2) is 9.48 Å². The van der Waals surface area contributed by atoms with E-state index in [9.17, 15) is 9.59 Å². The van der Waals surface area contributed by atoms with Crippen LogP contribution in [0.3, 0.4) is 0 Å². The van der Waals surface area contributed by atoms with E-state index < -0.39 is 5.97 Å². The molecule has 1 amide bonds. The fourth-order valence-corrected chi connectivity index (χ4v) is 2.15. The summed E-state index contributed by atoms with van der Waals surface area (Å²) in [7, 11) is 1.60. The molecule has 0 aliphatic carbocycles. The normalized spacial score (nSPS) is 11.7. The van der Waals surface area contributed by atoms with Crippen molar-refractivity contribution in [3.8, 4) is 5.75 Å². The summed E-state index contributed by atoms with van der Waals surface area (Å²) in [6, 6.07) is 7.54. The molecule has 1 unspecified atom stereocenters. The second-order valence-electron chi connectivity index (χ2n) is 5.13. The standard InChI is InChI=1S/C15H18N4O4/c1-10(6-11-4-3-5-12(7-11)23-2)16-14(20)9-19-8-13(15(21)22)17-18-19/h3-5,7-8,10H,6,9H2,1-2H3,(H,16,20)(H,21,22). The van der Waals surface area contributed by atoms with Crippen LogP contribution < -0.4 is 10.1 Å². The molecule has 1 aromatic heterocycles. The van der Waals surface area contributed by atoms with Crippen LogP contribution >= 0.6 is 0 Å². The summed E-state index contributed by atoms with van der Waals surface area (Å²) < 4.78 is 6.36. The Balaban J connectivity index is 1.87. The van der Waals surface area contributed by atoms with Gasteiger partial charge in [-0.3, -0.25) is 4.79 Å². The molecule has 0 aliphatic heterocycles. The van der Waals surface area contributed by atoms with Crippen LogP contribution in [0.2, 0.25) is 0 Å². The lowest BCUT2D eigenvalue weighted by Gasteiger charge is -2.14. The molecular formula is C15H18N4O4. The Labute approximate surface area is 133 Å². The quantitative estimate of drug-likeness (QED) is 0.779. The van der Waals surface area contributed by atoms with Crippen molar-refractivity contribution in [1.82, 2.24) is 20.3 Å². The highest BCUT2D eigenvalue weighted by molar-refractivity contribution is 5.84. The van der Waals surface area contributed by atoms with Crippen molar-refractivity contribution >= 4 is 11.9 Å². The first-order valence-electron chi connectivity index (χ1n) is 7.03. The number of carboxylic acids is 1. The lowest BCUT2D eigenvalue weighted by atomic mass is 10.1. The van der Waals surface area contributed by atoms with Crippen molar-refractivity contribution in [2.75, 3.05) is 7.11 Å². The molecule has 23 heavy (non-hydrogen) atoms. The number of amides is 1. The molecule has 1 atom stereocenters. The van der Waals surface area contributed by atoms with Crippen LogP contribution in [-0.4, -0.2) is 45.1 Å². The summed E-state index contributed by atoms with van der Waals surface area (Å²) in [6.07, 6.45) is 1.87. The highest BCUT2D eigenvalue weighted by Crippen LogP contribution is 2.13. The predicted octanol–water partition coefficient (Wildman–Crippen LogP) is 0.732. The third-order valence-electron chi connectivity index (χ3n) is 3.15. The van der Waals surface area contributed by atoms with E-state index in [0.29, 0.717) is 6.42 Å². The van der Waals surface area contributed by atoms with Crippen molar-refractivity contribution in [3.05, 3.63) is 41.7 Å². The van der Waals surface area contributed by atoms with Crippen LogP contribution in [0.15, 0.2) is 30.5 Å². The van der Waals surface area contributed by atoms with Gasteiger partial charge < -0.3 is 15.2 Å². The molecule has 0 fully saturated rings. The van der Waals surface area contributed by atoms with Gasteiger partial charge >= 0.3 is 5.97 Å². The Kier molecular flexibility index (Phi) is 5.29. The van der Waals surface area contributed by atoms with Crippen LogP contribution in [0.25, 0.3) is 0 Å². The molecule has 2 N–H and O–H groups in total. The first-order chi connectivity index (χ1) is 11.0. The molecule has 1 aromatic carbocycles. The predicted molar refractivity (Wildman–Crippen MR) is 81.3 cm³/mol. The average molecular weight is 318 g/mol. The SMILES string of the molecule is COc1cccc(CC(C)NC(=O)Cn2cc(C(=O)O)nn2)c1. The van der Waals surface area contributed by atoms with E-state index >= 15 is 0 Å². The first-order valence-corrected chi connectivity index (χ1v) is 7.03. The molecule has 0 saturated carbocycles. The van der Waals surface area contributed by atoms with E-state index in [1.54, 1.807) is 7.11 Å². The van der Waals surface area contributed by atoms with Crippen molar-refractivity contribution in [2.24, 2.45) is 0 Å². The minimum Gasteiger partial charge on any atom is -0.497 e. The molecule has 1 heterocycles. The zero-order valence-electron chi connectivity index (χ0n) is 12.9. The summed E-state index contributed by atoms with van der Waals surface area (Å²) in [6.45, 7) is 1.81. The Bertz CT molecular complexity index is 698. The van der Waals surface area contributed by atoms with Crippen molar-refractivity contribution in [3.63, 3.8) is 0 Å². The molecule has 0 radical (unpaired) electrons. The summed E-state index contributed by atoms with van der Waals surface area (Å²) in [4.78, 5) is 22.7. The largest absolute Gasteiger partial charge is 0.497 e. The lowest BCUT2D eigenvalue weighted by molar-refractivity contribution is -0.122. The zero-order valence-corrected chi connectivity index (χ0v) is 12.9. The zero-order chi connectivity index (χ0) is 16.8. The van der Waals surface area contributed by atoms with Crippen molar-refractivity contribution in [1.29, 1.82) is 0 Å². The number of benzene rings is 1. The maximum absolute atomic E-state index is 11.9. The molecule has 0 spiro atoms. The number of hydrogen-bond donors (Lipinski definition) is 2. The number of aromatic nitrogens is 3. The van der Waals surface area contributed by atoms with E-state index in [2.05, 4.69) is 15.6 Å². The van der Waals surface area contributed by atoms with Gasteiger partial charge in [-0.1, -0.05) is 17.3 Å². The van der Waals surface area contributed by atoms with Gasteiger partial charge in [-0.2, -0.15) is 0 Å². The third-order valence-corrected chi connectivity index (χ3v) is 3.15. The van der Waals surface area contributed by atoms with Gasteiger partial charge in [0, 0.05) is 6.04 Å². The van der Waals surface area contributed by atoms with Gasteiger partial charge in [-0.05, 0) is 31.0 Å². The number of methoxy groups -OCH3 is 1. The van der Waals surface area contributed by atoms with Crippen LogP contribution in [0, 0.1) is 0 Å². The summed E-state index contributed by atoms with van der Waals surface area (Å²) in [5.41, 5.74) is 0.855. The number of nitrogens with zero attached hydrogens (tertiary/aromatic N) is 3. The fourth-order valence-electron chi connectivity index (χ4n) is 2.15. The number of hydrogen-bond acceptors (Lipinski definition) is 5. The number of carbonyl (C=O) groups is 2. The van der Waals surface area contributed by atoms with Crippen LogP contribution in [0.5, 0.6) is 5.75 Å². The van der Waals surface area contributed by atoms with E-state index in [1.807, 2.05) is 31.2 Å². The van der Waals surface area contributed by atoms with Crippen LogP contribution in [0.1, 0.15) is 23.0 Å². The van der Waals surface area contributed by atoms with Crippen molar-refractivity contribution in [2.45, 2.75) is 25.9 Å². The second kappa shape index (κ2) is 7.39. The van der Waals surface area contributed by atoms with E-state index in [-0.39, 0.29) is 24.2 Å². The minimum atomic E-state index is -1.18. The Morgan fingerprint density at radius 1 is 1.43 bits per heavy atom. The van der Waals surface area contributed by atoms with Crippen LogP contribution in [-0.2, 0) is 17.8 Å². The maximum Gasteiger partial charge on any atom is 0.358 e. The monoisotopic (exact) mass is 318 g/mol. The molecule has 2 rings (SSSR count). The topological polar surface area (TPSA) is 106 Å². The molecule has 0 aliphatic rings. The minimum absolute atomic E-state index is 0.0806. The average Bonchev–Trinajstić information content (AvgIpc) is 2.95. The fraction of sp³-hybridized carbons (Fsp3) is 0.333. The van der Waals surface area contributed by atoms with E-state index in [1.165, 1.54) is 10.9 Å². The van der Waals surface area contributed by atoms with Gasteiger partial charge in [-0.15, -0.1) is 5.10 Å². The molecule has 8 heteroatoms. The summed E-state index contributed by atoms with van der Waals surface area (Å²) >= 11 is 0. The number of aromatic carboxylic acids is 1. The third kappa shape index (κ3) is 4.80. The summed E-state index contributed by atoms with van der Waals surface area (Å²) in [5, 5.41) is 18.6. The Morgan fingerprint density at radius 3 is 2.87 bits per heavy atom. The van der Waals surface area contributed by atoms with Gasteiger partial charge in [0.15, 0.2) is 5.69 Å². The van der Waals surface area contributed by atoms with E-state index in [4.69, 9.17) is 9.84 Å². The lowest BCUT2D eigenvalue weighted by Crippen LogP contribution is -2.36. The maximum atomic E-state index is 11.9. The molecule has 0 saturated heterocycles. The Morgan fingerprint density at radius 2 is 2.22 bits per heavy atom. The summed E-state index contributed by atoms with van der Waals surface area (Å²) in [5.74, 6) is -0.671. The molecule has 8 nitrogen and oxygen atoms in total. The number of carboxylic acid groups (broad SMARTS) is 1. The number of ether oxygens (including phenoxy) is 1. The second-order valence-corrected chi connectivity index (χ2v) is 5.13.